The summed E-state index contributed by atoms with van der Waals surface area (Å²) in [5, 5.41) is 10.9. The number of aliphatic hydroxyl groups excluding tert-OH is 1. The van der Waals surface area contributed by atoms with Crippen LogP contribution in [-0.2, 0) is 13.4 Å². The Kier molecular flexibility index (Phi) is 11.7. The first-order valence-corrected chi connectivity index (χ1v) is 13.2. The second-order valence-corrected chi connectivity index (χ2v) is 10.1. The Balaban J connectivity index is 0.000000482. The first kappa shape index (κ1) is 28.9. The Morgan fingerprint density at radius 1 is 1.16 bits per heavy atom. The average Bonchev–Trinajstić information content (AvgIpc) is 2.63. The molecule has 2 aromatic rings. The summed E-state index contributed by atoms with van der Waals surface area (Å²) in [7, 11) is -10.1. The van der Waals surface area contributed by atoms with Crippen molar-refractivity contribution in [3.63, 3.8) is 0 Å². The molecule has 7 N–H and O–H groups in total. The van der Waals surface area contributed by atoms with Gasteiger partial charge in [0.2, 0.25) is 0 Å². The lowest BCUT2D eigenvalue weighted by atomic mass is 9.93. The Morgan fingerprint density at radius 3 is 2.28 bits per heavy atom. The van der Waals surface area contributed by atoms with E-state index in [0.29, 0.717) is 16.8 Å². The van der Waals surface area contributed by atoms with Crippen LogP contribution >= 0.6 is 27.2 Å². The molecule has 1 unspecified atom stereocenters. The van der Waals surface area contributed by atoms with Crippen LogP contribution in [0.25, 0.3) is 10.9 Å². The van der Waals surface area contributed by atoms with Crippen molar-refractivity contribution in [1.29, 1.82) is 0 Å². The minimum Gasteiger partial charge on any atom is -0.395 e. The van der Waals surface area contributed by atoms with E-state index >= 15 is 0 Å². The molecule has 1 aromatic carbocycles. The van der Waals surface area contributed by atoms with Gasteiger partial charge >= 0.3 is 15.6 Å². The van der Waals surface area contributed by atoms with Gasteiger partial charge < -0.3 is 35.3 Å². The number of hydrogen-bond acceptors (Lipinski definition) is 7. The highest BCUT2D eigenvalue weighted by molar-refractivity contribution is 7.60. The number of aliphatic hydroxyl groups is 1. The fourth-order valence-corrected chi connectivity index (χ4v) is 4.42. The van der Waals surface area contributed by atoms with Gasteiger partial charge in [-0.25, -0.2) is 14.1 Å². The maximum atomic E-state index is 9.63. The van der Waals surface area contributed by atoms with Gasteiger partial charge in [-0.05, 0) is 55.6 Å². The largest absolute Gasteiger partial charge is 0.478 e. The summed E-state index contributed by atoms with van der Waals surface area (Å²) >= 11 is 6.06. The number of phosphoric acid groups is 2. The standard InChI is InChI=1S/C18H26ClN3O.H4O7P2/c1-3-22(9-10-23)8-4-5-13(2)16-12-18(20)21-17-11-14(19)6-7-15(16)17;1-8(2,3)7-9(4,5)6/h6-7,11-13,23H,3-5,8-10H2,1-2H3,(H2,20,21);(H2,1,2,3)(H2,4,5,6). The van der Waals surface area contributed by atoms with Crippen LogP contribution in [0, 0.1) is 0 Å². The zero-order valence-electron chi connectivity index (χ0n) is 17.8. The van der Waals surface area contributed by atoms with Crippen molar-refractivity contribution in [3.05, 3.63) is 34.9 Å². The lowest BCUT2D eigenvalue weighted by Gasteiger charge is -2.21. The zero-order chi connectivity index (χ0) is 24.5. The highest BCUT2D eigenvalue weighted by Gasteiger charge is 2.28. The quantitative estimate of drug-likeness (QED) is 0.256. The van der Waals surface area contributed by atoms with Gasteiger partial charge in [-0.15, -0.1) is 0 Å². The molecule has 32 heavy (non-hydrogen) atoms. The SMILES string of the molecule is CCN(CCO)CCCC(C)c1cc(N)nc2cc(Cl)ccc12.O=P(O)(O)OP(=O)(O)O. The van der Waals surface area contributed by atoms with Gasteiger partial charge in [0.25, 0.3) is 0 Å². The first-order valence-electron chi connectivity index (χ1n) is 9.77. The summed E-state index contributed by atoms with van der Waals surface area (Å²) in [6.07, 6.45) is 2.16. The predicted molar refractivity (Wildman–Crippen MR) is 123 cm³/mol. The number of benzene rings is 1. The van der Waals surface area contributed by atoms with E-state index in [1.165, 1.54) is 5.56 Å². The molecule has 1 atom stereocenters. The van der Waals surface area contributed by atoms with Crippen LogP contribution < -0.4 is 5.73 Å². The van der Waals surface area contributed by atoms with Crippen molar-refractivity contribution in [1.82, 2.24) is 9.88 Å². The molecule has 0 aliphatic heterocycles. The summed E-state index contributed by atoms with van der Waals surface area (Å²) in [6, 6.07) is 7.77. The summed E-state index contributed by atoms with van der Waals surface area (Å²) in [5.74, 6) is 0.939. The maximum absolute atomic E-state index is 9.63. The first-order chi connectivity index (χ1) is 14.8. The summed E-state index contributed by atoms with van der Waals surface area (Å²) in [4.78, 5) is 37.7. The fourth-order valence-electron chi connectivity index (χ4n) is 3.14. The monoisotopic (exact) mass is 513 g/mol. The Bertz CT molecular complexity index is 943. The Morgan fingerprint density at radius 2 is 1.78 bits per heavy atom. The highest BCUT2D eigenvalue weighted by atomic mass is 35.5. The van der Waals surface area contributed by atoms with Crippen LogP contribution in [-0.4, -0.2) is 60.8 Å². The number of aromatic nitrogens is 1. The third-order valence-corrected chi connectivity index (χ3v) is 6.48. The predicted octanol–water partition coefficient (Wildman–Crippen LogP) is 2.86. The van der Waals surface area contributed by atoms with E-state index in [-0.39, 0.29) is 6.61 Å². The van der Waals surface area contributed by atoms with Crippen LogP contribution in [0.4, 0.5) is 5.82 Å². The van der Waals surface area contributed by atoms with Gasteiger partial charge in [-0.3, -0.25) is 0 Å². The van der Waals surface area contributed by atoms with Crippen molar-refractivity contribution in [2.45, 2.75) is 32.6 Å². The van der Waals surface area contributed by atoms with E-state index in [4.69, 9.17) is 42.0 Å². The normalized spacial score (nSPS) is 13.2. The molecule has 0 saturated heterocycles. The number of hydrogen-bond donors (Lipinski definition) is 6. The number of fused-ring (bicyclic) bond motifs is 1. The van der Waals surface area contributed by atoms with E-state index in [0.717, 1.165) is 43.4 Å². The molecule has 2 rings (SSSR count). The molecule has 0 fully saturated rings. The fraction of sp³-hybridized carbons (Fsp3) is 0.500. The van der Waals surface area contributed by atoms with Crippen molar-refractivity contribution in [3.8, 4) is 0 Å². The van der Waals surface area contributed by atoms with E-state index in [2.05, 4.69) is 28.0 Å². The highest BCUT2D eigenvalue weighted by Crippen LogP contribution is 2.53. The summed E-state index contributed by atoms with van der Waals surface area (Å²) in [5.41, 5.74) is 8.05. The molecule has 182 valence electrons. The number of nitrogens with two attached hydrogens (primary N) is 1. The summed E-state index contributed by atoms with van der Waals surface area (Å²) < 4.78 is 22.2. The van der Waals surface area contributed by atoms with Crippen molar-refractivity contribution in [2.75, 3.05) is 32.0 Å². The van der Waals surface area contributed by atoms with E-state index < -0.39 is 15.6 Å². The molecular formula is C18H30ClN3O8P2. The Labute approximate surface area is 191 Å². The number of nitrogens with zero attached hydrogens (tertiary/aromatic N) is 2. The molecule has 1 aromatic heterocycles. The molecule has 0 aliphatic rings. The zero-order valence-corrected chi connectivity index (χ0v) is 20.4. The topological polar surface area (TPSA) is 187 Å². The minimum absolute atomic E-state index is 0.218. The molecule has 1 heterocycles. The van der Waals surface area contributed by atoms with Crippen LogP contribution in [0.2, 0.25) is 5.02 Å². The lowest BCUT2D eigenvalue weighted by Crippen LogP contribution is -2.27. The molecule has 0 saturated carbocycles. The van der Waals surface area contributed by atoms with Gasteiger partial charge in [-0.2, -0.15) is 4.31 Å². The smallest absolute Gasteiger partial charge is 0.395 e. The molecule has 0 aliphatic carbocycles. The van der Waals surface area contributed by atoms with Gasteiger partial charge in [0.05, 0.1) is 12.1 Å². The van der Waals surface area contributed by atoms with Crippen molar-refractivity contribution in [2.24, 2.45) is 0 Å². The number of likely N-dealkylation sites (N-methyl/N-ethyl adjacent to an activating group) is 1. The minimum atomic E-state index is -5.05. The van der Waals surface area contributed by atoms with Gasteiger partial charge in [0.1, 0.15) is 5.82 Å². The number of rotatable bonds is 10. The molecular weight excluding hydrogens is 484 g/mol. The van der Waals surface area contributed by atoms with Gasteiger partial charge in [0.15, 0.2) is 0 Å². The number of anilines is 1. The third-order valence-electron chi connectivity index (χ3n) is 4.54. The molecule has 0 radical (unpaired) electrons. The van der Waals surface area contributed by atoms with Crippen molar-refractivity contribution >= 4 is 44.0 Å². The number of nitrogen functional groups attached to an aromatic ring is 1. The third kappa shape index (κ3) is 11.2. The molecule has 11 nitrogen and oxygen atoms in total. The van der Waals surface area contributed by atoms with E-state index in [9.17, 15) is 9.13 Å². The number of halogens is 1. The maximum Gasteiger partial charge on any atom is 0.478 e. The molecule has 0 bridgehead atoms. The van der Waals surface area contributed by atoms with E-state index in [1.807, 2.05) is 24.3 Å². The van der Waals surface area contributed by atoms with Crippen molar-refractivity contribution < 1.29 is 38.1 Å². The number of pyridine rings is 1. The Hall–Kier alpha value is -1.10. The average molecular weight is 514 g/mol. The summed E-state index contributed by atoms with van der Waals surface area (Å²) in [6.45, 7) is 7.29. The van der Waals surface area contributed by atoms with Crippen LogP contribution in [0.15, 0.2) is 24.3 Å². The second kappa shape index (κ2) is 13.0. The van der Waals surface area contributed by atoms with Crippen LogP contribution in [0.3, 0.4) is 0 Å². The molecule has 14 heteroatoms. The second-order valence-electron chi connectivity index (χ2n) is 7.06. The lowest BCUT2D eigenvalue weighted by molar-refractivity contribution is 0.199. The van der Waals surface area contributed by atoms with Gasteiger partial charge in [-0.1, -0.05) is 31.5 Å². The van der Waals surface area contributed by atoms with E-state index in [1.54, 1.807) is 0 Å². The van der Waals surface area contributed by atoms with Crippen LogP contribution in [0.1, 0.15) is 38.2 Å². The van der Waals surface area contributed by atoms with Crippen LogP contribution in [0.5, 0.6) is 0 Å². The van der Waals surface area contributed by atoms with Gasteiger partial charge in [0, 0.05) is 17.0 Å². The molecule has 0 amide bonds. The molecule has 0 spiro atoms.